The molecule has 0 aliphatic carbocycles. The number of imidazole rings is 1. The summed E-state index contributed by atoms with van der Waals surface area (Å²) in [6.07, 6.45) is 7.03. The number of ether oxygens (including phenoxy) is 1. The van der Waals surface area contributed by atoms with Crippen molar-refractivity contribution >= 4 is 11.6 Å². The third-order valence-electron chi connectivity index (χ3n) is 2.47. The van der Waals surface area contributed by atoms with Crippen LogP contribution in [0.2, 0.25) is 5.28 Å². The Kier molecular flexibility index (Phi) is 4.68. The predicted molar refractivity (Wildman–Crippen MR) is 71.5 cm³/mol. The molecular weight excluding hydrogens is 266 g/mol. The fraction of sp³-hybridized carbons (Fsp3) is 0.500. The molecule has 2 heterocycles. The van der Waals surface area contributed by atoms with Gasteiger partial charge in [0.1, 0.15) is 6.33 Å². The van der Waals surface area contributed by atoms with Gasteiger partial charge in [-0.2, -0.15) is 15.0 Å². The van der Waals surface area contributed by atoms with Crippen molar-refractivity contribution in [3.63, 3.8) is 0 Å². The number of rotatable bonds is 6. The van der Waals surface area contributed by atoms with Gasteiger partial charge in [0.25, 0.3) is 0 Å². The van der Waals surface area contributed by atoms with Gasteiger partial charge in [0.2, 0.25) is 11.2 Å². The molecule has 0 bridgehead atoms. The maximum absolute atomic E-state index is 5.85. The molecule has 0 aliphatic heterocycles. The summed E-state index contributed by atoms with van der Waals surface area (Å²) in [6.45, 7) is 4.93. The molecule has 6 nitrogen and oxygen atoms in total. The summed E-state index contributed by atoms with van der Waals surface area (Å²) in [5, 5.41) is 0.109. The summed E-state index contributed by atoms with van der Waals surface area (Å²) in [4.78, 5) is 16.1. The zero-order valence-electron chi connectivity index (χ0n) is 11.0. The van der Waals surface area contributed by atoms with E-state index in [4.69, 9.17) is 16.3 Å². The van der Waals surface area contributed by atoms with Gasteiger partial charge >= 0.3 is 6.01 Å². The average molecular weight is 282 g/mol. The minimum atomic E-state index is 0.109. The molecule has 19 heavy (non-hydrogen) atoms. The van der Waals surface area contributed by atoms with Gasteiger partial charge in [-0.25, -0.2) is 4.98 Å². The lowest BCUT2D eigenvalue weighted by Crippen LogP contribution is -2.07. The van der Waals surface area contributed by atoms with Crippen molar-refractivity contribution in [1.29, 1.82) is 0 Å². The van der Waals surface area contributed by atoms with Gasteiger partial charge in [-0.3, -0.25) is 4.57 Å². The number of aromatic nitrogens is 5. The Labute approximate surface area is 116 Å². The predicted octanol–water partition coefficient (Wildman–Crippen LogP) is 2.53. The Morgan fingerprint density at radius 3 is 2.84 bits per heavy atom. The molecular formula is C12H16ClN5O. The van der Waals surface area contributed by atoms with Crippen LogP contribution in [0.4, 0.5) is 0 Å². The van der Waals surface area contributed by atoms with Crippen molar-refractivity contribution < 1.29 is 4.74 Å². The van der Waals surface area contributed by atoms with E-state index >= 15 is 0 Å². The minimum absolute atomic E-state index is 0.109. The molecule has 0 unspecified atom stereocenters. The van der Waals surface area contributed by atoms with E-state index in [0.717, 1.165) is 12.8 Å². The van der Waals surface area contributed by atoms with Gasteiger partial charge in [0, 0.05) is 12.4 Å². The third kappa shape index (κ3) is 4.17. The number of halogens is 1. The second-order valence-electron chi connectivity index (χ2n) is 4.54. The molecule has 0 fully saturated rings. The SMILES string of the molecule is CC(C)CCCOc1nc(Cl)nc(-n2ccnc2)n1. The van der Waals surface area contributed by atoms with Crippen LogP contribution in [0.1, 0.15) is 26.7 Å². The Bertz CT molecular complexity index is 515. The molecule has 0 radical (unpaired) electrons. The third-order valence-corrected chi connectivity index (χ3v) is 2.64. The topological polar surface area (TPSA) is 65.7 Å². The Hall–Kier alpha value is -1.69. The van der Waals surface area contributed by atoms with Gasteiger partial charge in [-0.15, -0.1) is 0 Å². The molecule has 0 aliphatic rings. The number of hydrogen-bond donors (Lipinski definition) is 0. The molecule has 2 rings (SSSR count). The zero-order chi connectivity index (χ0) is 13.7. The van der Waals surface area contributed by atoms with Crippen LogP contribution in [0.5, 0.6) is 6.01 Å². The first-order chi connectivity index (χ1) is 9.15. The van der Waals surface area contributed by atoms with E-state index in [1.165, 1.54) is 0 Å². The summed E-state index contributed by atoms with van der Waals surface area (Å²) < 4.78 is 7.14. The first-order valence-corrected chi connectivity index (χ1v) is 6.55. The van der Waals surface area contributed by atoms with Gasteiger partial charge < -0.3 is 4.74 Å². The molecule has 7 heteroatoms. The van der Waals surface area contributed by atoms with Crippen LogP contribution >= 0.6 is 11.6 Å². The lowest BCUT2D eigenvalue weighted by molar-refractivity contribution is 0.274. The first-order valence-electron chi connectivity index (χ1n) is 6.18. The summed E-state index contributed by atoms with van der Waals surface area (Å²) in [6, 6.07) is 0.243. The van der Waals surface area contributed by atoms with Gasteiger partial charge in [0.05, 0.1) is 6.61 Å². The zero-order valence-corrected chi connectivity index (χ0v) is 11.7. The molecule has 102 valence electrons. The number of nitrogens with zero attached hydrogens (tertiary/aromatic N) is 5. The van der Waals surface area contributed by atoms with Crippen molar-refractivity contribution in [3.05, 3.63) is 24.0 Å². The highest BCUT2D eigenvalue weighted by Crippen LogP contribution is 2.12. The molecule has 0 aromatic carbocycles. The van der Waals surface area contributed by atoms with E-state index in [9.17, 15) is 0 Å². The van der Waals surface area contributed by atoms with Gasteiger partial charge in [-0.1, -0.05) is 13.8 Å². The van der Waals surface area contributed by atoms with Crippen molar-refractivity contribution in [2.75, 3.05) is 6.61 Å². The molecule has 0 spiro atoms. The standard InChI is InChI=1S/C12H16ClN5O/c1-9(2)4-3-7-19-12-16-10(13)15-11(17-12)18-6-5-14-8-18/h5-6,8-9H,3-4,7H2,1-2H3. The van der Waals surface area contributed by atoms with Crippen LogP contribution < -0.4 is 4.74 Å². The second-order valence-corrected chi connectivity index (χ2v) is 4.88. The summed E-state index contributed by atoms with van der Waals surface area (Å²) in [5.41, 5.74) is 0. The maximum atomic E-state index is 5.85. The van der Waals surface area contributed by atoms with Crippen LogP contribution in [0, 0.1) is 5.92 Å². The number of hydrogen-bond acceptors (Lipinski definition) is 5. The van der Waals surface area contributed by atoms with Crippen molar-refractivity contribution in [2.45, 2.75) is 26.7 Å². The Morgan fingerprint density at radius 1 is 1.32 bits per heavy atom. The van der Waals surface area contributed by atoms with Crippen LogP contribution in [0.25, 0.3) is 5.95 Å². The van der Waals surface area contributed by atoms with E-state index in [0.29, 0.717) is 18.5 Å². The highest BCUT2D eigenvalue weighted by molar-refractivity contribution is 6.28. The molecule has 0 atom stereocenters. The van der Waals surface area contributed by atoms with E-state index in [2.05, 4.69) is 33.8 Å². The van der Waals surface area contributed by atoms with E-state index in [1.54, 1.807) is 23.3 Å². The van der Waals surface area contributed by atoms with E-state index < -0.39 is 0 Å². The molecule has 0 N–H and O–H groups in total. The summed E-state index contributed by atoms with van der Waals surface area (Å²) >= 11 is 5.85. The molecule has 2 aromatic heterocycles. The first kappa shape index (κ1) is 13.7. The van der Waals surface area contributed by atoms with Crippen LogP contribution in [-0.2, 0) is 0 Å². The highest BCUT2D eigenvalue weighted by atomic mass is 35.5. The fourth-order valence-electron chi connectivity index (χ4n) is 1.53. The van der Waals surface area contributed by atoms with Gasteiger partial charge in [0.15, 0.2) is 0 Å². The normalized spacial score (nSPS) is 10.9. The van der Waals surface area contributed by atoms with Crippen LogP contribution in [0.15, 0.2) is 18.7 Å². The van der Waals surface area contributed by atoms with Crippen molar-refractivity contribution in [2.24, 2.45) is 5.92 Å². The molecule has 0 amide bonds. The molecule has 0 saturated carbocycles. The Morgan fingerprint density at radius 2 is 2.16 bits per heavy atom. The lowest BCUT2D eigenvalue weighted by atomic mass is 10.1. The van der Waals surface area contributed by atoms with Crippen LogP contribution in [0.3, 0.4) is 0 Å². The van der Waals surface area contributed by atoms with Crippen molar-refractivity contribution in [1.82, 2.24) is 24.5 Å². The summed E-state index contributed by atoms with van der Waals surface area (Å²) in [5.74, 6) is 1.06. The fourth-order valence-corrected chi connectivity index (χ4v) is 1.68. The maximum Gasteiger partial charge on any atom is 0.322 e. The minimum Gasteiger partial charge on any atom is -0.463 e. The average Bonchev–Trinajstić information content (AvgIpc) is 2.87. The smallest absolute Gasteiger partial charge is 0.322 e. The molecule has 2 aromatic rings. The van der Waals surface area contributed by atoms with E-state index in [-0.39, 0.29) is 11.3 Å². The van der Waals surface area contributed by atoms with Crippen molar-refractivity contribution in [3.8, 4) is 12.0 Å². The van der Waals surface area contributed by atoms with E-state index in [1.807, 2.05) is 0 Å². The Balaban J connectivity index is 2.01. The lowest BCUT2D eigenvalue weighted by Gasteiger charge is -2.07. The highest BCUT2D eigenvalue weighted by Gasteiger charge is 2.07. The monoisotopic (exact) mass is 281 g/mol. The van der Waals surface area contributed by atoms with Crippen LogP contribution in [-0.4, -0.2) is 31.1 Å². The molecule has 0 saturated heterocycles. The second kappa shape index (κ2) is 6.47. The summed E-state index contributed by atoms with van der Waals surface area (Å²) in [7, 11) is 0. The quantitative estimate of drug-likeness (QED) is 0.761. The van der Waals surface area contributed by atoms with Gasteiger partial charge in [-0.05, 0) is 30.4 Å². The largest absolute Gasteiger partial charge is 0.463 e.